The summed E-state index contributed by atoms with van der Waals surface area (Å²) in [6, 6.07) is 5.09. The minimum atomic E-state index is -0.641. The summed E-state index contributed by atoms with van der Waals surface area (Å²) in [6.07, 6.45) is -0.0816. The number of nitrogens with one attached hydrogen (secondary N) is 1. The number of carbonyl (C=O) groups excluding carboxylic acids is 2. The summed E-state index contributed by atoms with van der Waals surface area (Å²) in [5, 5.41) is 3.42. The number of halogens is 2. The molecule has 1 fully saturated rings. The van der Waals surface area contributed by atoms with Crippen molar-refractivity contribution in [1.82, 2.24) is 5.32 Å². The Kier molecular flexibility index (Phi) is 5.14. The van der Waals surface area contributed by atoms with E-state index in [0.717, 1.165) is 5.56 Å². The summed E-state index contributed by atoms with van der Waals surface area (Å²) in [4.78, 5) is 24.2. The molecule has 1 heterocycles. The fourth-order valence-corrected chi connectivity index (χ4v) is 2.84. The number of esters is 1. The van der Waals surface area contributed by atoms with Crippen molar-refractivity contribution in [3.05, 3.63) is 46.1 Å². The van der Waals surface area contributed by atoms with E-state index in [1.54, 1.807) is 32.0 Å². The summed E-state index contributed by atoms with van der Waals surface area (Å²) in [7, 11) is 0. The van der Waals surface area contributed by atoms with Crippen molar-refractivity contribution in [1.29, 1.82) is 0 Å². The van der Waals surface area contributed by atoms with E-state index < -0.39 is 11.9 Å². The first kappa shape index (κ1) is 16.8. The van der Waals surface area contributed by atoms with Crippen LogP contribution in [0.3, 0.4) is 0 Å². The molecule has 4 nitrogen and oxygen atoms in total. The highest BCUT2D eigenvalue weighted by Gasteiger charge is 2.39. The molecule has 1 saturated heterocycles. The maximum atomic E-state index is 12.4. The van der Waals surface area contributed by atoms with Gasteiger partial charge in [-0.1, -0.05) is 35.8 Å². The van der Waals surface area contributed by atoms with E-state index in [-0.39, 0.29) is 24.3 Å². The van der Waals surface area contributed by atoms with Crippen molar-refractivity contribution >= 4 is 35.1 Å². The van der Waals surface area contributed by atoms with Crippen molar-refractivity contribution in [3.63, 3.8) is 0 Å². The van der Waals surface area contributed by atoms with Crippen molar-refractivity contribution in [3.8, 4) is 0 Å². The van der Waals surface area contributed by atoms with Gasteiger partial charge in [0.1, 0.15) is 5.92 Å². The van der Waals surface area contributed by atoms with Gasteiger partial charge in [-0.05, 0) is 31.5 Å². The summed E-state index contributed by atoms with van der Waals surface area (Å²) >= 11 is 12.0. The lowest BCUT2D eigenvalue weighted by molar-refractivity contribution is -0.152. The van der Waals surface area contributed by atoms with Crippen LogP contribution in [0, 0.1) is 5.92 Å². The second-order valence-electron chi connectivity index (χ2n) is 5.52. The first-order valence-corrected chi connectivity index (χ1v) is 7.69. The standard InChI is InChI=1S/C16H17Cl2NO3/c1-8(2)22-16(21)15-9(3)19-14(20)7-11(15)10-4-5-12(17)13(18)6-10/h4-6,8,11,15H,3,7H2,1-2H3,(H,19,20). The number of rotatable bonds is 3. The van der Waals surface area contributed by atoms with Gasteiger partial charge in [-0.2, -0.15) is 0 Å². The van der Waals surface area contributed by atoms with E-state index in [1.807, 2.05) is 0 Å². The van der Waals surface area contributed by atoms with Gasteiger partial charge < -0.3 is 10.1 Å². The third-order valence-corrected chi connectivity index (χ3v) is 4.20. The highest BCUT2D eigenvalue weighted by Crippen LogP contribution is 2.38. The van der Waals surface area contributed by atoms with E-state index in [2.05, 4.69) is 11.9 Å². The molecule has 1 aliphatic heterocycles. The Bertz CT molecular complexity index is 628. The molecular weight excluding hydrogens is 325 g/mol. The molecule has 22 heavy (non-hydrogen) atoms. The topological polar surface area (TPSA) is 55.4 Å². The fraction of sp³-hybridized carbons (Fsp3) is 0.375. The Morgan fingerprint density at radius 1 is 1.36 bits per heavy atom. The highest BCUT2D eigenvalue weighted by molar-refractivity contribution is 6.42. The molecule has 0 spiro atoms. The number of hydrogen-bond acceptors (Lipinski definition) is 3. The lowest BCUT2D eigenvalue weighted by Crippen LogP contribution is -2.42. The predicted octanol–water partition coefficient (Wildman–Crippen LogP) is 3.68. The number of amides is 1. The molecule has 1 aromatic rings. The quantitative estimate of drug-likeness (QED) is 0.853. The molecule has 1 aliphatic rings. The lowest BCUT2D eigenvalue weighted by atomic mass is 9.79. The maximum absolute atomic E-state index is 12.4. The number of piperidine rings is 1. The fourth-order valence-electron chi connectivity index (χ4n) is 2.53. The van der Waals surface area contributed by atoms with Crippen LogP contribution in [0.5, 0.6) is 0 Å². The SMILES string of the molecule is C=C1NC(=O)CC(c2ccc(Cl)c(Cl)c2)C1C(=O)OC(C)C. The predicted molar refractivity (Wildman–Crippen MR) is 85.8 cm³/mol. The molecule has 0 aliphatic carbocycles. The molecule has 0 aromatic heterocycles. The molecule has 2 unspecified atom stereocenters. The Morgan fingerprint density at radius 2 is 2.05 bits per heavy atom. The molecule has 1 N–H and O–H groups in total. The van der Waals surface area contributed by atoms with Crippen LogP contribution >= 0.6 is 23.2 Å². The van der Waals surface area contributed by atoms with Crippen molar-refractivity contribution in [2.75, 3.05) is 0 Å². The zero-order valence-corrected chi connectivity index (χ0v) is 13.9. The smallest absolute Gasteiger partial charge is 0.315 e. The Labute approximate surface area is 139 Å². The van der Waals surface area contributed by atoms with Gasteiger partial charge in [0.15, 0.2) is 0 Å². The van der Waals surface area contributed by atoms with Gasteiger partial charge in [0.2, 0.25) is 5.91 Å². The normalized spacial score (nSPS) is 21.7. The van der Waals surface area contributed by atoms with E-state index in [0.29, 0.717) is 15.7 Å². The number of hydrogen-bond donors (Lipinski definition) is 1. The van der Waals surface area contributed by atoms with Gasteiger partial charge in [0.25, 0.3) is 0 Å². The maximum Gasteiger partial charge on any atom is 0.315 e. The zero-order chi connectivity index (χ0) is 16.4. The van der Waals surface area contributed by atoms with Gasteiger partial charge in [0.05, 0.1) is 16.1 Å². The van der Waals surface area contributed by atoms with Crippen molar-refractivity contribution < 1.29 is 14.3 Å². The van der Waals surface area contributed by atoms with Crippen LogP contribution in [0.25, 0.3) is 0 Å². The third kappa shape index (κ3) is 3.62. The van der Waals surface area contributed by atoms with Gasteiger partial charge in [-0.15, -0.1) is 0 Å². The zero-order valence-electron chi connectivity index (χ0n) is 12.4. The molecule has 6 heteroatoms. The van der Waals surface area contributed by atoms with E-state index in [1.165, 1.54) is 0 Å². The van der Waals surface area contributed by atoms with Crippen LogP contribution in [0.4, 0.5) is 0 Å². The Morgan fingerprint density at radius 3 is 2.64 bits per heavy atom. The second kappa shape index (κ2) is 6.71. The first-order valence-electron chi connectivity index (χ1n) is 6.93. The van der Waals surface area contributed by atoms with Crippen LogP contribution in [0.1, 0.15) is 31.7 Å². The first-order chi connectivity index (χ1) is 10.3. The van der Waals surface area contributed by atoms with Crippen molar-refractivity contribution in [2.45, 2.75) is 32.3 Å². The molecule has 0 bridgehead atoms. The number of carbonyl (C=O) groups is 2. The molecule has 1 amide bonds. The average molecular weight is 342 g/mol. The van der Waals surface area contributed by atoms with Gasteiger partial charge in [-0.3, -0.25) is 9.59 Å². The molecule has 2 atom stereocenters. The van der Waals surface area contributed by atoms with Gasteiger partial charge in [0, 0.05) is 18.0 Å². The van der Waals surface area contributed by atoms with Crippen LogP contribution in [-0.4, -0.2) is 18.0 Å². The summed E-state index contributed by atoms with van der Waals surface area (Å²) in [5.41, 5.74) is 1.11. The Hall–Kier alpha value is -1.52. The molecule has 118 valence electrons. The number of ether oxygens (including phenoxy) is 1. The Balaban J connectivity index is 2.38. The molecule has 1 aromatic carbocycles. The molecular formula is C16H17Cl2NO3. The largest absolute Gasteiger partial charge is 0.462 e. The second-order valence-corrected chi connectivity index (χ2v) is 6.34. The van der Waals surface area contributed by atoms with Gasteiger partial charge in [-0.25, -0.2) is 0 Å². The van der Waals surface area contributed by atoms with E-state index in [9.17, 15) is 9.59 Å². The molecule has 2 rings (SSSR count). The van der Waals surface area contributed by atoms with Crippen LogP contribution in [0.15, 0.2) is 30.5 Å². The van der Waals surface area contributed by atoms with Crippen molar-refractivity contribution in [2.24, 2.45) is 5.92 Å². The summed E-state index contributed by atoms with van der Waals surface area (Å²) < 4.78 is 5.29. The van der Waals surface area contributed by atoms with Crippen LogP contribution < -0.4 is 5.32 Å². The minimum absolute atomic E-state index is 0.162. The lowest BCUT2D eigenvalue weighted by Gasteiger charge is -2.32. The molecule has 0 radical (unpaired) electrons. The summed E-state index contributed by atoms with van der Waals surface area (Å²) in [5.74, 6) is -1.61. The molecule has 0 saturated carbocycles. The highest BCUT2D eigenvalue weighted by atomic mass is 35.5. The van der Waals surface area contributed by atoms with E-state index >= 15 is 0 Å². The minimum Gasteiger partial charge on any atom is -0.462 e. The summed E-state index contributed by atoms with van der Waals surface area (Å²) in [6.45, 7) is 7.35. The van der Waals surface area contributed by atoms with E-state index in [4.69, 9.17) is 27.9 Å². The monoisotopic (exact) mass is 341 g/mol. The van der Waals surface area contributed by atoms with Crippen LogP contribution in [-0.2, 0) is 14.3 Å². The van der Waals surface area contributed by atoms with Gasteiger partial charge >= 0.3 is 5.97 Å². The average Bonchev–Trinajstić information content (AvgIpc) is 2.39. The third-order valence-electron chi connectivity index (χ3n) is 3.46. The number of benzene rings is 1. The van der Waals surface area contributed by atoms with Crippen LogP contribution in [0.2, 0.25) is 10.0 Å².